The summed E-state index contributed by atoms with van der Waals surface area (Å²) in [4.78, 5) is 20.9. The molecule has 10 heteroatoms. The number of aryl methyl sites for hydroxylation is 2. The van der Waals surface area contributed by atoms with Crippen LogP contribution in [0.25, 0.3) is 11.3 Å². The van der Waals surface area contributed by atoms with Crippen LogP contribution in [-0.2, 0) is 14.8 Å². The van der Waals surface area contributed by atoms with Gasteiger partial charge in [0.05, 0.1) is 23.3 Å². The van der Waals surface area contributed by atoms with Gasteiger partial charge in [-0.1, -0.05) is 23.4 Å². The number of hydrogen-bond acceptors (Lipinski definition) is 6. The second-order valence-electron chi connectivity index (χ2n) is 7.15. The molecule has 160 valence electrons. The summed E-state index contributed by atoms with van der Waals surface area (Å²) in [6.45, 7) is 3.62. The quantitative estimate of drug-likeness (QED) is 0.473. The molecule has 0 atom stereocenters. The van der Waals surface area contributed by atoms with Crippen molar-refractivity contribution in [3.63, 3.8) is 0 Å². The molecule has 7 nitrogen and oxygen atoms in total. The summed E-state index contributed by atoms with van der Waals surface area (Å²) in [5.41, 5.74) is 3.67. The monoisotopic (exact) mass is 458 g/mol. The number of carbonyl (C=O) groups is 1. The normalized spacial score (nSPS) is 14.0. The largest absolute Gasteiger partial charge is 0.325 e. The van der Waals surface area contributed by atoms with E-state index in [-0.39, 0.29) is 27.5 Å². The number of anilines is 2. The fourth-order valence-electron chi connectivity index (χ4n) is 3.28. The molecule has 0 radical (unpaired) electrons. The molecule has 3 aromatic rings. The van der Waals surface area contributed by atoms with Crippen molar-refractivity contribution in [3.8, 4) is 11.3 Å². The first kappa shape index (κ1) is 21.3. The van der Waals surface area contributed by atoms with Crippen molar-refractivity contribution in [2.24, 2.45) is 0 Å². The third-order valence-electron chi connectivity index (χ3n) is 4.91. The molecular weight excluding hydrogens is 439 g/mol. The van der Waals surface area contributed by atoms with Crippen LogP contribution in [-0.4, -0.2) is 37.1 Å². The number of carbonyl (C=O) groups excluding carboxylic acids is 1. The number of fused-ring (bicyclic) bond motifs is 3. The zero-order valence-electron chi connectivity index (χ0n) is 17.0. The van der Waals surface area contributed by atoms with Gasteiger partial charge in [-0.05, 0) is 49.7 Å². The molecule has 1 amide bonds. The molecule has 0 saturated heterocycles. The van der Waals surface area contributed by atoms with Crippen molar-refractivity contribution in [1.82, 2.24) is 9.97 Å². The molecular formula is C21H19FN4O3S2. The number of sulfonamides is 1. The number of benzene rings is 2. The van der Waals surface area contributed by atoms with Crippen LogP contribution in [0.15, 0.2) is 52.6 Å². The average Bonchev–Trinajstić information content (AvgIpc) is 2.72. The Hall–Kier alpha value is -2.98. The molecule has 0 saturated carbocycles. The lowest BCUT2D eigenvalue weighted by atomic mass is 10.1. The first-order valence-electron chi connectivity index (χ1n) is 9.32. The molecule has 0 unspecified atom stereocenters. The number of rotatable bonds is 4. The molecule has 1 N–H and O–H groups in total. The number of aromatic nitrogens is 2. The highest BCUT2D eigenvalue weighted by Crippen LogP contribution is 2.41. The zero-order valence-corrected chi connectivity index (χ0v) is 18.6. The Labute approximate surface area is 183 Å². The van der Waals surface area contributed by atoms with Crippen molar-refractivity contribution >= 4 is 39.1 Å². The van der Waals surface area contributed by atoms with Crippen LogP contribution in [0, 0.1) is 19.7 Å². The number of nitrogens with zero attached hydrogens (tertiary/aromatic N) is 3. The predicted octanol–water partition coefficient (Wildman–Crippen LogP) is 3.77. The highest BCUT2D eigenvalue weighted by molar-refractivity contribution is 7.99. The third kappa shape index (κ3) is 4.00. The van der Waals surface area contributed by atoms with Crippen molar-refractivity contribution in [3.05, 3.63) is 59.5 Å². The van der Waals surface area contributed by atoms with Gasteiger partial charge in [0.25, 0.3) is 10.0 Å². The molecule has 0 fully saturated rings. The fraction of sp³-hybridized carbons (Fsp3) is 0.190. The van der Waals surface area contributed by atoms with Crippen LogP contribution in [0.3, 0.4) is 0 Å². The maximum absolute atomic E-state index is 13.2. The van der Waals surface area contributed by atoms with Gasteiger partial charge in [0, 0.05) is 18.3 Å². The van der Waals surface area contributed by atoms with E-state index in [2.05, 4.69) is 15.3 Å². The fourth-order valence-corrected chi connectivity index (χ4v) is 5.20. The summed E-state index contributed by atoms with van der Waals surface area (Å²) in [5.74, 6) is -0.656. The van der Waals surface area contributed by atoms with Gasteiger partial charge >= 0.3 is 0 Å². The van der Waals surface area contributed by atoms with Crippen molar-refractivity contribution < 1.29 is 17.6 Å². The summed E-state index contributed by atoms with van der Waals surface area (Å²) in [6.07, 6.45) is 1.28. The van der Waals surface area contributed by atoms with E-state index in [1.807, 2.05) is 19.1 Å². The van der Waals surface area contributed by atoms with Gasteiger partial charge < -0.3 is 5.32 Å². The molecule has 1 aliphatic rings. The maximum Gasteiger partial charge on any atom is 0.267 e. The molecule has 0 spiro atoms. The Kier molecular flexibility index (Phi) is 5.44. The van der Waals surface area contributed by atoms with Crippen molar-refractivity contribution in [1.29, 1.82) is 0 Å². The standard InChI is InChI=1S/C21H19FN4O3S2/c1-12-4-7-17-15(8-12)20-18(31(28,29)26(17)3)10-23-21(25-20)30-11-19(27)24-16-6-5-14(22)9-13(16)2/h4-10H,11H2,1-3H3,(H,24,27). The summed E-state index contributed by atoms with van der Waals surface area (Å²) in [7, 11) is -2.26. The molecule has 31 heavy (non-hydrogen) atoms. The number of amides is 1. The van der Waals surface area contributed by atoms with Gasteiger partial charge in [0.2, 0.25) is 5.91 Å². The third-order valence-corrected chi connectivity index (χ3v) is 7.55. The predicted molar refractivity (Wildman–Crippen MR) is 118 cm³/mol. The highest BCUT2D eigenvalue weighted by atomic mass is 32.2. The number of thioether (sulfide) groups is 1. The van der Waals surface area contributed by atoms with Gasteiger partial charge in [-0.3, -0.25) is 9.10 Å². The Morgan fingerprint density at radius 3 is 2.71 bits per heavy atom. The van der Waals surface area contributed by atoms with Crippen molar-refractivity contribution in [2.75, 3.05) is 22.4 Å². The van der Waals surface area contributed by atoms with E-state index in [1.54, 1.807) is 13.0 Å². The molecule has 2 aromatic carbocycles. The minimum Gasteiger partial charge on any atom is -0.325 e. The topological polar surface area (TPSA) is 92.3 Å². The molecule has 0 bridgehead atoms. The molecule has 4 rings (SSSR count). The lowest BCUT2D eigenvalue weighted by molar-refractivity contribution is -0.113. The first-order valence-corrected chi connectivity index (χ1v) is 11.7. The Bertz CT molecular complexity index is 1310. The van der Waals surface area contributed by atoms with E-state index in [1.165, 1.54) is 35.7 Å². The Balaban J connectivity index is 1.58. The van der Waals surface area contributed by atoms with Gasteiger partial charge in [-0.25, -0.2) is 22.8 Å². The SMILES string of the molecule is Cc1ccc2c(c1)-c1nc(SCC(=O)Nc3ccc(F)cc3C)ncc1S(=O)(=O)N2C. The lowest BCUT2D eigenvalue weighted by Crippen LogP contribution is -2.31. The zero-order chi connectivity index (χ0) is 22.3. The first-order chi connectivity index (χ1) is 14.7. The smallest absolute Gasteiger partial charge is 0.267 e. The van der Waals surface area contributed by atoms with Gasteiger partial charge in [0.1, 0.15) is 10.7 Å². The summed E-state index contributed by atoms with van der Waals surface area (Å²) >= 11 is 1.09. The number of nitrogens with one attached hydrogen (secondary N) is 1. The van der Waals surface area contributed by atoms with E-state index in [4.69, 9.17) is 0 Å². The molecule has 0 aliphatic carbocycles. The average molecular weight is 459 g/mol. The van der Waals surface area contributed by atoms with Gasteiger partial charge in [0.15, 0.2) is 5.16 Å². The van der Waals surface area contributed by atoms with E-state index >= 15 is 0 Å². The summed E-state index contributed by atoms with van der Waals surface area (Å²) in [6, 6.07) is 9.59. The van der Waals surface area contributed by atoms with Crippen LogP contribution < -0.4 is 9.62 Å². The molecule has 2 heterocycles. The summed E-state index contributed by atoms with van der Waals surface area (Å²) < 4.78 is 40.1. The van der Waals surface area contributed by atoms with Crippen LogP contribution >= 0.6 is 11.8 Å². The van der Waals surface area contributed by atoms with E-state index < -0.39 is 10.0 Å². The number of halogens is 1. The second kappa shape index (κ2) is 7.93. The second-order valence-corrected chi connectivity index (χ2v) is 10.0. The van der Waals surface area contributed by atoms with E-state index in [0.29, 0.717) is 28.2 Å². The minimum atomic E-state index is -3.75. The molecule has 1 aliphatic heterocycles. The van der Waals surface area contributed by atoms with Crippen LogP contribution in [0.1, 0.15) is 11.1 Å². The van der Waals surface area contributed by atoms with E-state index in [9.17, 15) is 17.6 Å². The maximum atomic E-state index is 13.2. The highest BCUT2D eigenvalue weighted by Gasteiger charge is 2.34. The summed E-state index contributed by atoms with van der Waals surface area (Å²) in [5, 5.41) is 3.02. The van der Waals surface area contributed by atoms with Gasteiger partial charge in [-0.2, -0.15) is 0 Å². The Morgan fingerprint density at radius 1 is 1.19 bits per heavy atom. The lowest BCUT2D eigenvalue weighted by Gasteiger charge is -2.28. The van der Waals surface area contributed by atoms with Crippen molar-refractivity contribution in [2.45, 2.75) is 23.9 Å². The Morgan fingerprint density at radius 2 is 1.97 bits per heavy atom. The molecule has 1 aromatic heterocycles. The van der Waals surface area contributed by atoms with Crippen LogP contribution in [0.5, 0.6) is 0 Å². The number of hydrogen-bond donors (Lipinski definition) is 1. The minimum absolute atomic E-state index is 0.0168. The van der Waals surface area contributed by atoms with Gasteiger partial charge in [-0.15, -0.1) is 0 Å². The van der Waals surface area contributed by atoms with Crippen LogP contribution in [0.4, 0.5) is 15.8 Å². The van der Waals surface area contributed by atoms with Crippen LogP contribution in [0.2, 0.25) is 0 Å². The van der Waals surface area contributed by atoms with E-state index in [0.717, 1.165) is 17.3 Å².